The number of hydrogen-bond acceptors (Lipinski definition) is 1. The molecule has 4 rings (SSSR count). The Balaban J connectivity index is 1.38. The fraction of sp³-hybridized carbons (Fsp3) is 0.429. The average Bonchev–Trinajstić information content (AvgIpc) is 2.82. The molecule has 0 radical (unpaired) electrons. The van der Waals surface area contributed by atoms with Crippen LogP contribution in [-0.4, -0.2) is 13.7 Å². The fourth-order valence-corrected chi connectivity index (χ4v) is 5.06. The third-order valence-corrected chi connectivity index (χ3v) is 7.04. The lowest BCUT2D eigenvalue weighted by Crippen LogP contribution is -2.18. The molecule has 3 aromatic rings. The molecule has 33 heavy (non-hydrogen) atoms. The molecule has 1 aliphatic carbocycles. The Morgan fingerprint density at radius 3 is 2.12 bits per heavy atom. The van der Waals surface area contributed by atoms with Gasteiger partial charge in [0.15, 0.2) is 17.5 Å². The molecule has 0 saturated heterocycles. The SMILES string of the molecule is COCC1CCC(CCc2ccc3c(F)c(CCc4cc(F)c(F)c(F)c4)ccc3c2)CC1. The van der Waals surface area contributed by atoms with E-state index in [2.05, 4.69) is 6.07 Å². The lowest BCUT2D eigenvalue weighted by atomic mass is 9.80. The van der Waals surface area contributed by atoms with Crippen LogP contribution in [0, 0.1) is 35.1 Å². The summed E-state index contributed by atoms with van der Waals surface area (Å²) in [7, 11) is 1.77. The molecule has 3 aromatic carbocycles. The highest BCUT2D eigenvalue weighted by Crippen LogP contribution is 2.32. The lowest BCUT2D eigenvalue weighted by Gasteiger charge is -2.28. The lowest BCUT2D eigenvalue weighted by molar-refractivity contribution is 0.117. The van der Waals surface area contributed by atoms with E-state index in [0.717, 1.165) is 42.9 Å². The predicted octanol–water partition coefficient (Wildman–Crippen LogP) is 7.57. The number of halogens is 4. The van der Waals surface area contributed by atoms with Crippen molar-refractivity contribution in [3.8, 4) is 0 Å². The van der Waals surface area contributed by atoms with Gasteiger partial charge in [0, 0.05) is 19.1 Å². The molecule has 0 heterocycles. The Morgan fingerprint density at radius 2 is 1.42 bits per heavy atom. The summed E-state index contributed by atoms with van der Waals surface area (Å²) in [6.45, 7) is 0.864. The maximum absolute atomic E-state index is 15.1. The van der Waals surface area contributed by atoms with Gasteiger partial charge in [-0.15, -0.1) is 0 Å². The molecule has 1 saturated carbocycles. The van der Waals surface area contributed by atoms with Crippen molar-refractivity contribution in [3.63, 3.8) is 0 Å². The minimum atomic E-state index is -1.48. The van der Waals surface area contributed by atoms with E-state index in [1.807, 2.05) is 18.2 Å². The largest absolute Gasteiger partial charge is 0.384 e. The van der Waals surface area contributed by atoms with Gasteiger partial charge in [-0.3, -0.25) is 0 Å². The van der Waals surface area contributed by atoms with Crippen LogP contribution in [0.5, 0.6) is 0 Å². The van der Waals surface area contributed by atoms with Crippen LogP contribution in [0.1, 0.15) is 48.8 Å². The van der Waals surface area contributed by atoms with E-state index in [0.29, 0.717) is 22.4 Å². The number of hydrogen-bond donors (Lipinski definition) is 0. The Bertz CT molecular complexity index is 1080. The molecule has 1 nitrogen and oxygen atoms in total. The molecule has 0 atom stereocenters. The molecule has 0 aromatic heterocycles. The van der Waals surface area contributed by atoms with Gasteiger partial charge in [0.2, 0.25) is 0 Å². The molecule has 176 valence electrons. The standard InChI is InChI=1S/C28H30F4O/c1-33-17-20-6-3-18(4-7-20)2-5-19-9-13-24-23(14-19)12-11-22(27(24)31)10-8-21-15-25(29)28(32)26(30)16-21/h9,11-16,18,20H,2-8,10,17H2,1H3. The summed E-state index contributed by atoms with van der Waals surface area (Å²) in [6, 6.07) is 11.4. The minimum absolute atomic E-state index is 0.223. The summed E-state index contributed by atoms with van der Waals surface area (Å²) < 4.78 is 60.4. The van der Waals surface area contributed by atoms with Gasteiger partial charge >= 0.3 is 0 Å². The monoisotopic (exact) mass is 458 g/mol. The second-order valence-electron chi connectivity index (χ2n) is 9.35. The van der Waals surface area contributed by atoms with E-state index in [1.54, 1.807) is 13.2 Å². The van der Waals surface area contributed by atoms with Crippen molar-refractivity contribution >= 4 is 10.8 Å². The summed E-state index contributed by atoms with van der Waals surface area (Å²) in [5.74, 6) is -2.79. The summed E-state index contributed by atoms with van der Waals surface area (Å²) in [4.78, 5) is 0. The van der Waals surface area contributed by atoms with Crippen LogP contribution in [0.15, 0.2) is 42.5 Å². The third-order valence-electron chi connectivity index (χ3n) is 7.04. The zero-order valence-corrected chi connectivity index (χ0v) is 19.0. The van der Waals surface area contributed by atoms with Crippen LogP contribution >= 0.6 is 0 Å². The quantitative estimate of drug-likeness (QED) is 0.250. The molecule has 0 bridgehead atoms. The first-order chi connectivity index (χ1) is 15.9. The number of fused-ring (bicyclic) bond motifs is 1. The van der Waals surface area contributed by atoms with E-state index in [4.69, 9.17) is 4.74 Å². The van der Waals surface area contributed by atoms with Crippen LogP contribution < -0.4 is 0 Å². The van der Waals surface area contributed by atoms with Gasteiger partial charge in [-0.1, -0.05) is 43.2 Å². The zero-order chi connectivity index (χ0) is 23.4. The van der Waals surface area contributed by atoms with Crippen molar-refractivity contribution in [1.82, 2.24) is 0 Å². The molecule has 0 spiro atoms. The molecular formula is C28H30F4O. The Kier molecular flexibility index (Phi) is 7.69. The maximum atomic E-state index is 15.1. The minimum Gasteiger partial charge on any atom is -0.384 e. The van der Waals surface area contributed by atoms with Gasteiger partial charge in [-0.2, -0.15) is 0 Å². The third kappa shape index (κ3) is 5.75. The number of aryl methyl sites for hydroxylation is 3. The van der Waals surface area contributed by atoms with Gasteiger partial charge in [0.25, 0.3) is 0 Å². The zero-order valence-electron chi connectivity index (χ0n) is 19.0. The van der Waals surface area contributed by atoms with Crippen LogP contribution in [0.3, 0.4) is 0 Å². The molecule has 0 amide bonds. The second kappa shape index (κ2) is 10.7. The summed E-state index contributed by atoms with van der Waals surface area (Å²) in [6.07, 6.45) is 7.62. The van der Waals surface area contributed by atoms with Crippen molar-refractivity contribution in [1.29, 1.82) is 0 Å². The van der Waals surface area contributed by atoms with Crippen LogP contribution in [-0.2, 0) is 24.0 Å². The van der Waals surface area contributed by atoms with Crippen molar-refractivity contribution in [2.45, 2.75) is 51.4 Å². The van der Waals surface area contributed by atoms with Crippen molar-refractivity contribution in [2.75, 3.05) is 13.7 Å². The molecule has 5 heteroatoms. The van der Waals surface area contributed by atoms with Gasteiger partial charge in [0.05, 0.1) is 0 Å². The van der Waals surface area contributed by atoms with Crippen LogP contribution in [0.4, 0.5) is 17.6 Å². The van der Waals surface area contributed by atoms with Crippen molar-refractivity contribution < 1.29 is 22.3 Å². The molecule has 0 unspecified atom stereocenters. The van der Waals surface area contributed by atoms with Gasteiger partial charge in [-0.05, 0) is 84.6 Å². The number of benzene rings is 3. The van der Waals surface area contributed by atoms with Crippen molar-refractivity contribution in [2.24, 2.45) is 11.8 Å². The fourth-order valence-electron chi connectivity index (χ4n) is 5.06. The van der Waals surface area contributed by atoms with E-state index in [-0.39, 0.29) is 18.7 Å². The Hall–Kier alpha value is -2.40. The van der Waals surface area contributed by atoms with E-state index >= 15 is 4.39 Å². The normalized spacial score (nSPS) is 18.7. The second-order valence-corrected chi connectivity index (χ2v) is 9.35. The smallest absolute Gasteiger partial charge is 0.194 e. The summed E-state index contributed by atoms with van der Waals surface area (Å²) >= 11 is 0. The first kappa shape index (κ1) is 23.7. The van der Waals surface area contributed by atoms with E-state index < -0.39 is 17.5 Å². The van der Waals surface area contributed by atoms with Gasteiger partial charge in [-0.25, -0.2) is 17.6 Å². The molecular weight excluding hydrogens is 428 g/mol. The van der Waals surface area contributed by atoms with Gasteiger partial charge < -0.3 is 4.74 Å². The molecule has 1 fully saturated rings. The highest BCUT2D eigenvalue weighted by molar-refractivity contribution is 5.84. The maximum Gasteiger partial charge on any atom is 0.194 e. The number of rotatable bonds is 8. The summed E-state index contributed by atoms with van der Waals surface area (Å²) in [5.41, 5.74) is 2.00. The van der Waals surface area contributed by atoms with Crippen molar-refractivity contribution in [3.05, 3.63) is 82.4 Å². The predicted molar refractivity (Wildman–Crippen MR) is 123 cm³/mol. The highest BCUT2D eigenvalue weighted by Gasteiger charge is 2.21. The van der Waals surface area contributed by atoms with Gasteiger partial charge in [0.1, 0.15) is 5.82 Å². The number of ether oxygens (including phenoxy) is 1. The number of methoxy groups -OCH3 is 1. The van der Waals surface area contributed by atoms with E-state index in [9.17, 15) is 13.2 Å². The Morgan fingerprint density at radius 1 is 0.727 bits per heavy atom. The first-order valence-corrected chi connectivity index (χ1v) is 11.8. The van der Waals surface area contributed by atoms with Crippen LogP contribution in [0.2, 0.25) is 0 Å². The molecule has 1 aliphatic rings. The Labute approximate surface area is 192 Å². The first-order valence-electron chi connectivity index (χ1n) is 11.8. The topological polar surface area (TPSA) is 9.23 Å². The molecule has 0 aliphatic heterocycles. The van der Waals surface area contributed by atoms with Crippen LogP contribution in [0.25, 0.3) is 10.8 Å². The molecule has 0 N–H and O–H groups in total. The van der Waals surface area contributed by atoms with E-state index in [1.165, 1.54) is 31.2 Å². The average molecular weight is 459 g/mol. The highest BCUT2D eigenvalue weighted by atomic mass is 19.2. The summed E-state index contributed by atoms with van der Waals surface area (Å²) in [5, 5.41) is 1.41.